The van der Waals surface area contributed by atoms with E-state index in [4.69, 9.17) is 4.74 Å². The molecule has 0 saturated carbocycles. The maximum absolute atomic E-state index is 13.0. The fourth-order valence-corrected chi connectivity index (χ4v) is 4.50. The molecule has 3 aromatic rings. The number of amides is 1. The molecule has 7 heteroatoms. The molecular weight excluding hydrogens is 436 g/mol. The molecule has 0 radical (unpaired) electrons. The highest BCUT2D eigenvalue weighted by atomic mass is 32.2. The highest BCUT2D eigenvalue weighted by Gasteiger charge is 2.23. The minimum Gasteiger partial charge on any atom is -0.494 e. The zero-order chi connectivity index (χ0) is 23.7. The third-order valence-electron chi connectivity index (χ3n) is 5.17. The molecule has 0 heterocycles. The fraction of sp³-hybridized carbons (Fsp3) is 0.269. The molecule has 0 atom stereocenters. The van der Waals surface area contributed by atoms with Crippen LogP contribution in [0.25, 0.3) is 0 Å². The van der Waals surface area contributed by atoms with E-state index in [0.29, 0.717) is 24.4 Å². The van der Waals surface area contributed by atoms with Crippen molar-refractivity contribution in [2.24, 2.45) is 0 Å². The number of ether oxygens (including phenoxy) is 1. The first kappa shape index (κ1) is 24.3. The first-order valence-corrected chi connectivity index (χ1v) is 12.8. The lowest BCUT2D eigenvalue weighted by Gasteiger charge is -2.24. The van der Waals surface area contributed by atoms with Crippen LogP contribution in [0.1, 0.15) is 34.8 Å². The number of rotatable bonds is 11. The third-order valence-corrected chi connectivity index (χ3v) is 6.29. The van der Waals surface area contributed by atoms with Crippen LogP contribution in [0.3, 0.4) is 0 Å². The van der Waals surface area contributed by atoms with E-state index in [0.717, 1.165) is 36.0 Å². The standard InChI is InChI=1S/C26H30N2O4S/c1-3-32-25-18-10-7-14-22(25)15-11-19-27-26(29)23-16-8-9-17-24(23)28(33(2,30)31)20-21-12-5-4-6-13-21/h4-10,12-14,16-18H,3,11,15,19-20H2,1-2H3,(H,27,29). The lowest BCUT2D eigenvalue weighted by atomic mass is 10.1. The highest BCUT2D eigenvalue weighted by Crippen LogP contribution is 2.25. The molecule has 0 aromatic heterocycles. The van der Waals surface area contributed by atoms with Crippen molar-refractivity contribution in [3.8, 4) is 5.75 Å². The molecule has 0 bridgehead atoms. The van der Waals surface area contributed by atoms with Crippen molar-refractivity contribution in [1.29, 1.82) is 0 Å². The summed E-state index contributed by atoms with van der Waals surface area (Å²) in [6, 6.07) is 24.0. The van der Waals surface area contributed by atoms with Crippen LogP contribution in [-0.2, 0) is 23.0 Å². The molecule has 0 aliphatic carbocycles. The number of aryl methyl sites for hydroxylation is 1. The van der Waals surface area contributed by atoms with Crippen LogP contribution in [0, 0.1) is 0 Å². The number of carbonyl (C=O) groups excluding carboxylic acids is 1. The van der Waals surface area contributed by atoms with Gasteiger partial charge in [-0.25, -0.2) is 8.42 Å². The van der Waals surface area contributed by atoms with Gasteiger partial charge in [0.15, 0.2) is 0 Å². The van der Waals surface area contributed by atoms with Crippen LogP contribution in [-0.4, -0.2) is 33.7 Å². The second-order valence-electron chi connectivity index (χ2n) is 7.67. The van der Waals surface area contributed by atoms with Crippen LogP contribution >= 0.6 is 0 Å². The molecule has 174 valence electrons. The van der Waals surface area contributed by atoms with Crippen molar-refractivity contribution >= 4 is 21.6 Å². The Morgan fingerprint density at radius 3 is 2.33 bits per heavy atom. The lowest BCUT2D eigenvalue weighted by Crippen LogP contribution is -2.33. The van der Waals surface area contributed by atoms with Gasteiger partial charge in [-0.2, -0.15) is 0 Å². The Kier molecular flexibility index (Phi) is 8.49. The molecule has 1 amide bonds. The maximum Gasteiger partial charge on any atom is 0.253 e. The van der Waals surface area contributed by atoms with Crippen LogP contribution in [0.2, 0.25) is 0 Å². The predicted molar refractivity (Wildman–Crippen MR) is 132 cm³/mol. The van der Waals surface area contributed by atoms with E-state index < -0.39 is 10.0 Å². The Bertz CT molecular complexity index is 1160. The van der Waals surface area contributed by atoms with E-state index in [1.807, 2.05) is 61.5 Å². The van der Waals surface area contributed by atoms with E-state index in [9.17, 15) is 13.2 Å². The summed E-state index contributed by atoms with van der Waals surface area (Å²) in [6.07, 6.45) is 2.65. The zero-order valence-electron chi connectivity index (χ0n) is 19.0. The van der Waals surface area contributed by atoms with Gasteiger partial charge in [0.05, 0.1) is 30.7 Å². The van der Waals surface area contributed by atoms with Gasteiger partial charge in [0, 0.05) is 6.54 Å². The van der Waals surface area contributed by atoms with Gasteiger partial charge in [0.2, 0.25) is 10.0 Å². The van der Waals surface area contributed by atoms with Crippen molar-refractivity contribution in [1.82, 2.24) is 5.32 Å². The number of nitrogens with one attached hydrogen (secondary N) is 1. The van der Waals surface area contributed by atoms with E-state index in [2.05, 4.69) is 5.32 Å². The van der Waals surface area contributed by atoms with Gasteiger partial charge < -0.3 is 10.1 Å². The number of para-hydroxylation sites is 2. The average Bonchev–Trinajstić information content (AvgIpc) is 2.81. The lowest BCUT2D eigenvalue weighted by molar-refractivity contribution is 0.0954. The Morgan fingerprint density at radius 1 is 0.939 bits per heavy atom. The van der Waals surface area contributed by atoms with Gasteiger partial charge in [-0.15, -0.1) is 0 Å². The van der Waals surface area contributed by atoms with Crippen LogP contribution in [0.4, 0.5) is 5.69 Å². The van der Waals surface area contributed by atoms with Crippen LogP contribution in [0.5, 0.6) is 5.75 Å². The smallest absolute Gasteiger partial charge is 0.253 e. The summed E-state index contributed by atoms with van der Waals surface area (Å²) in [5.41, 5.74) is 2.63. The van der Waals surface area contributed by atoms with E-state index in [1.165, 1.54) is 4.31 Å². The highest BCUT2D eigenvalue weighted by molar-refractivity contribution is 7.92. The van der Waals surface area contributed by atoms with Crippen molar-refractivity contribution in [2.75, 3.05) is 23.7 Å². The summed E-state index contributed by atoms with van der Waals surface area (Å²) >= 11 is 0. The molecule has 1 N–H and O–H groups in total. The van der Waals surface area contributed by atoms with Gasteiger partial charge in [0.25, 0.3) is 5.91 Å². The second-order valence-corrected chi connectivity index (χ2v) is 9.58. The monoisotopic (exact) mass is 466 g/mol. The van der Waals surface area contributed by atoms with Crippen molar-refractivity contribution in [3.05, 3.63) is 95.6 Å². The number of hydrogen-bond donors (Lipinski definition) is 1. The summed E-state index contributed by atoms with van der Waals surface area (Å²) in [5, 5.41) is 2.93. The Balaban J connectivity index is 1.70. The van der Waals surface area contributed by atoms with Crippen molar-refractivity contribution in [3.63, 3.8) is 0 Å². The van der Waals surface area contributed by atoms with Gasteiger partial charge in [-0.3, -0.25) is 9.10 Å². The minimum atomic E-state index is -3.60. The van der Waals surface area contributed by atoms with Gasteiger partial charge in [-0.1, -0.05) is 60.7 Å². The summed E-state index contributed by atoms with van der Waals surface area (Å²) in [5.74, 6) is 0.562. The van der Waals surface area contributed by atoms with E-state index in [1.54, 1.807) is 24.3 Å². The maximum atomic E-state index is 13.0. The van der Waals surface area contributed by atoms with Crippen molar-refractivity contribution in [2.45, 2.75) is 26.3 Å². The Morgan fingerprint density at radius 2 is 1.61 bits per heavy atom. The minimum absolute atomic E-state index is 0.151. The largest absolute Gasteiger partial charge is 0.494 e. The quantitative estimate of drug-likeness (QED) is 0.425. The Labute approximate surface area is 196 Å². The molecular formula is C26H30N2O4S. The molecule has 3 rings (SSSR count). The van der Waals surface area contributed by atoms with Gasteiger partial charge in [0.1, 0.15) is 5.75 Å². The summed E-state index contributed by atoms with van der Waals surface area (Å²) in [6.45, 7) is 3.17. The van der Waals surface area contributed by atoms with Crippen molar-refractivity contribution < 1.29 is 17.9 Å². The SMILES string of the molecule is CCOc1ccccc1CCCNC(=O)c1ccccc1N(Cc1ccccc1)S(C)(=O)=O. The predicted octanol–water partition coefficient (Wildman–Crippen LogP) is 4.41. The normalized spacial score (nSPS) is 11.1. The molecule has 3 aromatic carbocycles. The first-order chi connectivity index (χ1) is 15.9. The van der Waals surface area contributed by atoms with Gasteiger partial charge in [-0.05, 0) is 49.1 Å². The summed E-state index contributed by atoms with van der Waals surface area (Å²) in [4.78, 5) is 13.0. The molecule has 6 nitrogen and oxygen atoms in total. The number of benzene rings is 3. The number of carbonyl (C=O) groups is 1. The molecule has 0 aliphatic heterocycles. The number of sulfonamides is 1. The van der Waals surface area contributed by atoms with Gasteiger partial charge >= 0.3 is 0 Å². The fourth-order valence-electron chi connectivity index (χ4n) is 3.60. The number of hydrogen-bond acceptors (Lipinski definition) is 4. The molecule has 0 aliphatic rings. The number of anilines is 1. The first-order valence-electron chi connectivity index (χ1n) is 11.0. The molecule has 33 heavy (non-hydrogen) atoms. The Hall–Kier alpha value is -3.32. The number of nitrogens with zero attached hydrogens (tertiary/aromatic N) is 1. The van der Waals surface area contributed by atoms with Crippen LogP contribution < -0.4 is 14.4 Å². The average molecular weight is 467 g/mol. The summed E-state index contributed by atoms with van der Waals surface area (Å²) in [7, 11) is -3.60. The third kappa shape index (κ3) is 6.83. The zero-order valence-corrected chi connectivity index (χ0v) is 19.8. The molecule has 0 fully saturated rings. The second kappa shape index (κ2) is 11.5. The van der Waals surface area contributed by atoms with Crippen LogP contribution in [0.15, 0.2) is 78.9 Å². The molecule has 0 saturated heterocycles. The molecule has 0 unspecified atom stereocenters. The van der Waals surface area contributed by atoms with E-state index >= 15 is 0 Å². The topological polar surface area (TPSA) is 75.7 Å². The molecule has 0 spiro atoms. The van der Waals surface area contributed by atoms with E-state index in [-0.39, 0.29) is 12.5 Å². The summed E-state index contributed by atoms with van der Waals surface area (Å²) < 4.78 is 32.1.